The van der Waals surface area contributed by atoms with E-state index >= 15 is 0 Å². The topological polar surface area (TPSA) is 80.8 Å². The number of ether oxygens (including phenoxy) is 1. The quantitative estimate of drug-likeness (QED) is 0.0994. The van der Waals surface area contributed by atoms with Gasteiger partial charge in [-0.3, -0.25) is 14.4 Å². The molecule has 4 aliphatic rings. The third kappa shape index (κ3) is 3.87. The van der Waals surface area contributed by atoms with Gasteiger partial charge in [-0.25, -0.2) is 9.69 Å². The van der Waals surface area contributed by atoms with Crippen molar-refractivity contribution < 1.29 is 23.9 Å². The Kier molecular flexibility index (Phi) is 6.49. The highest BCUT2D eigenvalue weighted by Gasteiger charge is 2.73. The van der Waals surface area contributed by atoms with Crippen LogP contribution in [0.25, 0.3) is 0 Å². The molecule has 43 heavy (non-hydrogen) atoms. The van der Waals surface area contributed by atoms with E-state index in [2.05, 4.69) is 0 Å². The molecule has 4 aromatic carbocycles. The SMILES string of the molecule is O=C(OCC(=O)c1ccc(Cl)cc1Cl)c1ccc(N2C(=O)[C@@H]3[C@@H](C2=O)C2(Cl)c4ccccc4C3(Cl)c3ccccc32)cc1. The number of Topliss-reactive ketones (excluding diaryl/α,β-unsaturated/α-hetero) is 1. The number of amides is 2. The summed E-state index contributed by atoms with van der Waals surface area (Å²) in [5.41, 5.74) is 3.40. The zero-order valence-electron chi connectivity index (χ0n) is 22.0. The molecule has 1 fully saturated rings. The van der Waals surface area contributed by atoms with Crippen molar-refractivity contribution in [1.29, 1.82) is 0 Å². The Bertz CT molecular complexity index is 1770. The van der Waals surface area contributed by atoms with Gasteiger partial charge in [-0.1, -0.05) is 71.7 Å². The van der Waals surface area contributed by atoms with Crippen LogP contribution in [0.1, 0.15) is 43.0 Å². The van der Waals surface area contributed by atoms with Crippen LogP contribution in [0, 0.1) is 11.8 Å². The summed E-state index contributed by atoms with van der Waals surface area (Å²) >= 11 is 26.9. The van der Waals surface area contributed by atoms with Gasteiger partial charge in [0.05, 0.1) is 28.1 Å². The smallest absolute Gasteiger partial charge is 0.338 e. The molecule has 0 N–H and O–H groups in total. The molecule has 2 amide bonds. The molecule has 0 aromatic heterocycles. The first-order chi connectivity index (χ1) is 20.6. The first kappa shape index (κ1) is 28.1. The molecule has 4 aromatic rings. The number of hydrogen-bond donors (Lipinski definition) is 0. The van der Waals surface area contributed by atoms with E-state index in [9.17, 15) is 19.2 Å². The molecule has 0 unspecified atom stereocenters. The highest BCUT2D eigenvalue weighted by atomic mass is 35.5. The van der Waals surface area contributed by atoms with Crippen LogP contribution in [0.4, 0.5) is 5.69 Å². The number of carbonyl (C=O) groups excluding carboxylic acids is 4. The molecule has 0 spiro atoms. The van der Waals surface area contributed by atoms with Crippen molar-refractivity contribution in [3.8, 4) is 0 Å². The van der Waals surface area contributed by atoms with Crippen LogP contribution in [0.5, 0.6) is 0 Å². The molecule has 1 heterocycles. The maximum absolute atomic E-state index is 14.1. The van der Waals surface area contributed by atoms with E-state index in [1.807, 2.05) is 48.5 Å². The van der Waals surface area contributed by atoms with Crippen molar-refractivity contribution in [3.63, 3.8) is 0 Å². The fourth-order valence-corrected chi connectivity index (χ4v) is 8.29. The van der Waals surface area contributed by atoms with Gasteiger partial charge in [-0.05, 0) is 64.7 Å². The maximum Gasteiger partial charge on any atom is 0.338 e. The molecule has 6 nitrogen and oxygen atoms in total. The van der Waals surface area contributed by atoms with Gasteiger partial charge in [-0.15, -0.1) is 23.2 Å². The Morgan fingerprint density at radius 3 is 1.67 bits per heavy atom. The van der Waals surface area contributed by atoms with E-state index in [1.54, 1.807) is 0 Å². The van der Waals surface area contributed by atoms with Crippen molar-refractivity contribution in [1.82, 2.24) is 0 Å². The largest absolute Gasteiger partial charge is 0.454 e. The number of halogens is 4. The van der Waals surface area contributed by atoms with Gasteiger partial charge < -0.3 is 4.74 Å². The van der Waals surface area contributed by atoms with E-state index in [-0.39, 0.29) is 21.8 Å². The number of esters is 1. The Balaban J connectivity index is 1.17. The number of alkyl halides is 2. The van der Waals surface area contributed by atoms with Gasteiger partial charge in [0, 0.05) is 10.6 Å². The molecule has 0 radical (unpaired) electrons. The minimum absolute atomic E-state index is 0.123. The first-order valence-electron chi connectivity index (χ1n) is 13.3. The molecule has 1 aliphatic heterocycles. The van der Waals surface area contributed by atoms with Gasteiger partial charge >= 0.3 is 5.97 Å². The summed E-state index contributed by atoms with van der Waals surface area (Å²) in [7, 11) is 0. The molecule has 0 saturated carbocycles. The molecular weight excluding hydrogens is 632 g/mol. The van der Waals surface area contributed by atoms with Gasteiger partial charge in [0.15, 0.2) is 6.61 Å². The minimum atomic E-state index is -1.29. The molecule has 2 atom stereocenters. The number of carbonyl (C=O) groups is 4. The summed E-state index contributed by atoms with van der Waals surface area (Å²) < 4.78 is 5.19. The first-order valence-corrected chi connectivity index (χ1v) is 14.8. The van der Waals surface area contributed by atoms with Crippen molar-refractivity contribution in [2.45, 2.75) is 9.75 Å². The number of hydrogen-bond acceptors (Lipinski definition) is 5. The lowest BCUT2D eigenvalue weighted by Crippen LogP contribution is -2.57. The van der Waals surface area contributed by atoms with E-state index < -0.39 is 51.8 Å². The normalized spacial score (nSPS) is 24.8. The molecule has 214 valence electrons. The van der Waals surface area contributed by atoms with Crippen LogP contribution in [0.2, 0.25) is 10.0 Å². The second kappa shape index (κ2) is 9.93. The van der Waals surface area contributed by atoms with E-state index in [1.165, 1.54) is 42.5 Å². The summed E-state index contributed by atoms with van der Waals surface area (Å²) in [6.07, 6.45) is 0. The van der Waals surface area contributed by atoms with Gasteiger partial charge in [0.25, 0.3) is 0 Å². The number of ketones is 1. The maximum atomic E-state index is 14.1. The lowest BCUT2D eigenvalue weighted by atomic mass is 9.54. The third-order valence-corrected chi connectivity index (χ3v) is 10.3. The van der Waals surface area contributed by atoms with Crippen molar-refractivity contribution in [3.05, 3.63) is 134 Å². The zero-order chi connectivity index (χ0) is 30.3. The number of anilines is 1. The lowest BCUT2D eigenvalue weighted by Gasteiger charge is -2.54. The van der Waals surface area contributed by atoms with Crippen LogP contribution in [-0.2, 0) is 24.1 Å². The number of rotatable bonds is 5. The van der Waals surface area contributed by atoms with E-state index in [0.29, 0.717) is 27.3 Å². The standard InChI is InChI=1S/C33H19Cl4NO5/c34-18-11-14-20(25(35)15-18)26(39)16-43-31(42)17-9-12-19(13-10-17)38-29(40)27-28(30(38)41)33(37)22-6-2-1-5-21(22)32(27,36)23-7-3-4-8-24(23)33/h1-15,27-28H,16H2/t27-,28-,32?,33?/m0/s1. The second-order valence-corrected chi connectivity index (χ2v) is 12.7. The highest BCUT2D eigenvalue weighted by molar-refractivity contribution is 6.39. The number of imide groups is 1. The number of benzene rings is 4. The average molecular weight is 651 g/mol. The summed E-state index contributed by atoms with van der Waals surface area (Å²) in [6.45, 7) is -0.537. The van der Waals surface area contributed by atoms with Crippen LogP contribution in [0.3, 0.4) is 0 Å². The van der Waals surface area contributed by atoms with Gasteiger partial charge in [-0.2, -0.15) is 0 Å². The van der Waals surface area contributed by atoms with Crippen molar-refractivity contribution in [2.24, 2.45) is 11.8 Å². The van der Waals surface area contributed by atoms with Crippen molar-refractivity contribution >= 4 is 75.7 Å². The predicted octanol–water partition coefficient (Wildman–Crippen LogP) is 7.13. The van der Waals surface area contributed by atoms with Gasteiger partial charge in [0.1, 0.15) is 9.75 Å². The van der Waals surface area contributed by atoms with Gasteiger partial charge in [0.2, 0.25) is 17.6 Å². The summed E-state index contributed by atoms with van der Waals surface area (Å²) in [5, 5.41) is 0.521. The Morgan fingerprint density at radius 2 is 1.21 bits per heavy atom. The molecule has 10 heteroatoms. The fourth-order valence-electron chi connectivity index (χ4n) is 6.68. The Hall–Kier alpha value is -3.68. The lowest BCUT2D eigenvalue weighted by molar-refractivity contribution is -0.122. The van der Waals surface area contributed by atoms with Crippen LogP contribution in [-0.4, -0.2) is 30.2 Å². The minimum Gasteiger partial charge on any atom is -0.454 e. The zero-order valence-corrected chi connectivity index (χ0v) is 25.0. The Labute approximate surface area is 266 Å². The van der Waals surface area contributed by atoms with E-state index in [0.717, 1.165) is 4.90 Å². The molecule has 8 rings (SSSR count). The van der Waals surface area contributed by atoms with Crippen LogP contribution >= 0.6 is 46.4 Å². The van der Waals surface area contributed by atoms with Crippen LogP contribution in [0.15, 0.2) is 91.0 Å². The van der Waals surface area contributed by atoms with E-state index in [4.69, 9.17) is 51.1 Å². The summed E-state index contributed by atoms with van der Waals surface area (Å²) in [5.74, 6) is -4.09. The highest BCUT2D eigenvalue weighted by Crippen LogP contribution is 2.69. The summed E-state index contributed by atoms with van der Waals surface area (Å²) in [4.78, 5) is 51.9. The Morgan fingerprint density at radius 1 is 0.721 bits per heavy atom. The molecular formula is C33H19Cl4NO5. The number of nitrogens with zero attached hydrogens (tertiary/aromatic N) is 1. The fraction of sp³-hybridized carbons (Fsp3) is 0.152. The third-order valence-electron chi connectivity index (χ3n) is 8.51. The second-order valence-electron chi connectivity index (χ2n) is 10.7. The summed E-state index contributed by atoms with van der Waals surface area (Å²) in [6, 6.07) is 25.0. The molecule has 1 saturated heterocycles. The van der Waals surface area contributed by atoms with Crippen molar-refractivity contribution in [2.75, 3.05) is 11.5 Å². The monoisotopic (exact) mass is 649 g/mol. The predicted molar refractivity (Wildman–Crippen MR) is 163 cm³/mol. The van der Waals surface area contributed by atoms with Crippen LogP contribution < -0.4 is 4.90 Å². The average Bonchev–Trinajstić information content (AvgIpc) is 3.29. The molecule has 3 aliphatic carbocycles. The molecule has 2 bridgehead atoms.